The fourth-order valence-electron chi connectivity index (χ4n) is 2.28. The maximum Gasteiger partial charge on any atom is 0.407 e. The molecule has 0 aliphatic heterocycles. The summed E-state index contributed by atoms with van der Waals surface area (Å²) in [5, 5.41) is 2.75. The van der Waals surface area contributed by atoms with E-state index >= 15 is 0 Å². The largest absolute Gasteiger partial charge is 0.445 e. The van der Waals surface area contributed by atoms with Gasteiger partial charge in [-0.05, 0) is 25.0 Å². The van der Waals surface area contributed by atoms with Gasteiger partial charge in [0.05, 0.1) is 32.0 Å². The summed E-state index contributed by atoms with van der Waals surface area (Å²) in [6.07, 6.45) is -0.467. The highest BCUT2D eigenvalue weighted by atomic mass is 16.6. The lowest BCUT2D eigenvalue weighted by Crippen LogP contribution is -2.36. The van der Waals surface area contributed by atoms with E-state index in [1.165, 1.54) is 0 Å². The second kappa shape index (κ2) is 11.3. The molecular weight excluding hydrogens is 330 g/mol. The van der Waals surface area contributed by atoms with Gasteiger partial charge in [0.25, 0.3) is 0 Å². The van der Waals surface area contributed by atoms with E-state index in [0.29, 0.717) is 19.8 Å². The average molecular weight is 357 g/mol. The van der Waals surface area contributed by atoms with Gasteiger partial charge in [0.15, 0.2) is 0 Å². The van der Waals surface area contributed by atoms with Crippen LogP contribution in [0.4, 0.5) is 4.79 Å². The van der Waals surface area contributed by atoms with Crippen molar-refractivity contribution in [1.29, 1.82) is 0 Å². The van der Waals surface area contributed by atoms with Crippen LogP contribution in [0.3, 0.4) is 0 Å². The van der Waals surface area contributed by atoms with Crippen LogP contribution in [0.2, 0.25) is 0 Å². The van der Waals surface area contributed by atoms with Gasteiger partial charge in [-0.25, -0.2) is 4.79 Å². The number of nitrogens with one attached hydrogen (secondary N) is 1. The van der Waals surface area contributed by atoms with E-state index in [9.17, 15) is 4.79 Å². The third-order valence-electron chi connectivity index (χ3n) is 3.67. The maximum absolute atomic E-state index is 11.8. The highest BCUT2D eigenvalue weighted by Crippen LogP contribution is 2.04. The Morgan fingerprint density at radius 2 is 1.46 bits per heavy atom. The van der Waals surface area contributed by atoms with Crippen molar-refractivity contribution < 1.29 is 19.0 Å². The molecular formula is C21H27NO4. The van der Waals surface area contributed by atoms with Crippen LogP contribution in [0.25, 0.3) is 0 Å². The van der Waals surface area contributed by atoms with Crippen molar-refractivity contribution in [2.75, 3.05) is 13.2 Å². The second-order valence-electron chi connectivity index (χ2n) is 6.25. The molecule has 0 aliphatic rings. The Bertz CT molecular complexity index is 633. The molecule has 2 atom stereocenters. The number of carbonyl (C=O) groups excluding carboxylic acids is 1. The van der Waals surface area contributed by atoms with E-state index < -0.39 is 6.09 Å². The summed E-state index contributed by atoms with van der Waals surface area (Å²) < 4.78 is 16.5. The molecule has 1 N–H and O–H groups in total. The van der Waals surface area contributed by atoms with E-state index in [1.54, 1.807) is 0 Å². The second-order valence-corrected chi connectivity index (χ2v) is 6.25. The molecule has 0 saturated carbocycles. The fraction of sp³-hybridized carbons (Fsp3) is 0.381. The predicted molar refractivity (Wildman–Crippen MR) is 101 cm³/mol. The van der Waals surface area contributed by atoms with E-state index in [1.807, 2.05) is 74.5 Å². The Balaban J connectivity index is 1.55. The zero-order valence-corrected chi connectivity index (χ0v) is 15.4. The third kappa shape index (κ3) is 8.14. The molecule has 2 aromatic rings. The molecule has 26 heavy (non-hydrogen) atoms. The first kappa shape index (κ1) is 19.9. The third-order valence-corrected chi connectivity index (χ3v) is 3.67. The first-order chi connectivity index (χ1) is 12.6. The van der Waals surface area contributed by atoms with Crippen LogP contribution in [-0.2, 0) is 27.4 Å². The average Bonchev–Trinajstić information content (AvgIpc) is 2.66. The molecule has 0 aromatic heterocycles. The predicted octanol–water partition coefficient (Wildman–Crippen LogP) is 3.92. The molecule has 2 unspecified atom stereocenters. The number of ether oxygens (including phenoxy) is 3. The highest BCUT2D eigenvalue weighted by molar-refractivity contribution is 5.67. The Hall–Kier alpha value is -2.37. The van der Waals surface area contributed by atoms with Gasteiger partial charge in [0, 0.05) is 0 Å². The Morgan fingerprint density at radius 1 is 0.885 bits per heavy atom. The molecule has 0 spiro atoms. The van der Waals surface area contributed by atoms with Crippen LogP contribution in [-0.4, -0.2) is 31.5 Å². The Morgan fingerprint density at radius 3 is 2.08 bits per heavy atom. The molecule has 0 aliphatic carbocycles. The molecule has 0 saturated heterocycles. The smallest absolute Gasteiger partial charge is 0.407 e. The minimum absolute atomic E-state index is 0.0209. The summed E-state index contributed by atoms with van der Waals surface area (Å²) in [6, 6.07) is 19.5. The molecule has 140 valence electrons. The van der Waals surface area contributed by atoms with Gasteiger partial charge in [-0.15, -0.1) is 0 Å². The minimum atomic E-state index is -0.446. The minimum Gasteiger partial charge on any atom is -0.445 e. The molecule has 0 heterocycles. The zero-order chi connectivity index (χ0) is 18.6. The molecule has 0 bridgehead atoms. The highest BCUT2D eigenvalue weighted by Gasteiger charge is 2.10. The van der Waals surface area contributed by atoms with Crippen LogP contribution in [0.15, 0.2) is 60.7 Å². The molecule has 0 radical (unpaired) electrons. The molecule has 2 rings (SSSR count). The van der Waals surface area contributed by atoms with Gasteiger partial charge in [-0.2, -0.15) is 0 Å². The normalized spacial score (nSPS) is 13.0. The van der Waals surface area contributed by atoms with Gasteiger partial charge in [0.2, 0.25) is 0 Å². The van der Waals surface area contributed by atoms with Crippen molar-refractivity contribution in [3.8, 4) is 0 Å². The summed E-state index contributed by atoms with van der Waals surface area (Å²) in [5.74, 6) is 0. The number of alkyl carbamates (subject to hydrolysis) is 1. The number of rotatable bonds is 10. The lowest BCUT2D eigenvalue weighted by Gasteiger charge is -2.17. The Kier molecular flexibility index (Phi) is 8.66. The summed E-state index contributed by atoms with van der Waals surface area (Å²) >= 11 is 0. The molecule has 5 heteroatoms. The van der Waals surface area contributed by atoms with Gasteiger partial charge in [-0.1, -0.05) is 60.7 Å². The van der Waals surface area contributed by atoms with Crippen molar-refractivity contribution in [2.24, 2.45) is 0 Å². The van der Waals surface area contributed by atoms with Gasteiger partial charge < -0.3 is 19.5 Å². The number of hydrogen-bond donors (Lipinski definition) is 1. The van der Waals surface area contributed by atoms with Gasteiger partial charge in [0.1, 0.15) is 6.61 Å². The maximum atomic E-state index is 11.8. The van der Waals surface area contributed by atoms with Crippen LogP contribution in [0.1, 0.15) is 25.0 Å². The van der Waals surface area contributed by atoms with Crippen molar-refractivity contribution in [3.63, 3.8) is 0 Å². The summed E-state index contributed by atoms with van der Waals surface area (Å²) in [5.41, 5.74) is 2.09. The fourth-order valence-corrected chi connectivity index (χ4v) is 2.28. The van der Waals surface area contributed by atoms with E-state index in [0.717, 1.165) is 11.1 Å². The molecule has 2 aromatic carbocycles. The van der Waals surface area contributed by atoms with Crippen molar-refractivity contribution in [2.45, 2.75) is 39.2 Å². The Labute approximate surface area is 155 Å². The van der Waals surface area contributed by atoms with Crippen LogP contribution in [0.5, 0.6) is 0 Å². The molecule has 0 fully saturated rings. The molecule has 1 amide bonds. The number of amides is 1. The van der Waals surface area contributed by atoms with E-state index in [4.69, 9.17) is 14.2 Å². The summed E-state index contributed by atoms with van der Waals surface area (Å²) in [4.78, 5) is 11.8. The lowest BCUT2D eigenvalue weighted by molar-refractivity contribution is -0.0184. The van der Waals surface area contributed by atoms with Crippen LogP contribution >= 0.6 is 0 Å². The van der Waals surface area contributed by atoms with Gasteiger partial charge >= 0.3 is 6.09 Å². The first-order valence-corrected chi connectivity index (χ1v) is 8.84. The van der Waals surface area contributed by atoms with Crippen LogP contribution < -0.4 is 5.32 Å². The standard InChI is InChI=1S/C21H27NO4/c1-17(22-21(23)26-16-20-11-7-4-8-12-20)13-24-14-18(2)25-15-19-9-5-3-6-10-19/h3-12,17-18H,13-16H2,1-2H3,(H,22,23). The molecule has 5 nitrogen and oxygen atoms in total. The number of hydrogen-bond acceptors (Lipinski definition) is 4. The number of carbonyl (C=O) groups is 1. The van der Waals surface area contributed by atoms with Crippen molar-refractivity contribution in [3.05, 3.63) is 71.8 Å². The lowest BCUT2D eigenvalue weighted by atomic mass is 10.2. The monoisotopic (exact) mass is 357 g/mol. The zero-order valence-electron chi connectivity index (χ0n) is 15.4. The summed E-state index contributed by atoms with van der Waals surface area (Å²) in [6.45, 7) is 5.53. The van der Waals surface area contributed by atoms with Gasteiger partial charge in [-0.3, -0.25) is 0 Å². The van der Waals surface area contributed by atoms with E-state index in [-0.39, 0.29) is 18.8 Å². The van der Waals surface area contributed by atoms with Crippen molar-refractivity contribution in [1.82, 2.24) is 5.32 Å². The van der Waals surface area contributed by atoms with Crippen LogP contribution in [0, 0.1) is 0 Å². The quantitative estimate of drug-likeness (QED) is 0.700. The first-order valence-electron chi connectivity index (χ1n) is 8.84. The van der Waals surface area contributed by atoms with E-state index in [2.05, 4.69) is 5.32 Å². The number of benzene rings is 2. The summed E-state index contributed by atoms with van der Waals surface area (Å²) in [7, 11) is 0. The topological polar surface area (TPSA) is 56.8 Å². The van der Waals surface area contributed by atoms with Crippen molar-refractivity contribution >= 4 is 6.09 Å². The SMILES string of the molecule is CC(COCC(C)OCc1ccccc1)NC(=O)OCc1ccccc1.